The Hall–Kier alpha value is -3.76. The van der Waals surface area contributed by atoms with Crippen LogP contribution in [-0.4, -0.2) is 40.5 Å². The number of thiophene rings is 1. The van der Waals surface area contributed by atoms with Crippen molar-refractivity contribution in [1.82, 2.24) is 15.0 Å². The molecule has 1 aliphatic rings. The van der Waals surface area contributed by atoms with Gasteiger partial charge in [-0.25, -0.2) is 15.2 Å². The Balaban J connectivity index is 1.36. The zero-order chi connectivity index (χ0) is 26.6. The normalized spacial score (nSPS) is 13.0. The summed E-state index contributed by atoms with van der Waals surface area (Å²) in [6, 6.07) is 14.4. The molecule has 0 saturated carbocycles. The lowest BCUT2D eigenvalue weighted by Crippen LogP contribution is -2.24. The van der Waals surface area contributed by atoms with Gasteiger partial charge in [-0.05, 0) is 68.0 Å². The van der Waals surface area contributed by atoms with Gasteiger partial charge in [0, 0.05) is 4.88 Å². The number of hydrazone groups is 1. The number of ether oxygens (including phenoxy) is 1. The van der Waals surface area contributed by atoms with Gasteiger partial charge in [-0.1, -0.05) is 41.6 Å². The summed E-state index contributed by atoms with van der Waals surface area (Å²) in [5.41, 5.74) is 6.53. The molecule has 8 nitrogen and oxygen atoms in total. The second kappa shape index (κ2) is 11.3. The van der Waals surface area contributed by atoms with E-state index in [9.17, 15) is 14.4 Å². The summed E-state index contributed by atoms with van der Waals surface area (Å²) in [5.74, 6) is -0.710. The maximum Gasteiger partial charge on any atom is 0.337 e. The fraction of sp³-hybridized carbons (Fsp3) is 0.250. The van der Waals surface area contributed by atoms with E-state index in [1.165, 1.54) is 30.0 Å². The number of carbonyl (C=O) groups is 2. The number of nitrogens with one attached hydrogen (secondary N) is 1. The molecule has 10 heteroatoms. The third-order valence-electron chi connectivity index (χ3n) is 6.32. The van der Waals surface area contributed by atoms with Gasteiger partial charge >= 0.3 is 5.97 Å². The summed E-state index contributed by atoms with van der Waals surface area (Å²) in [6.45, 7) is 2.00. The number of benzene rings is 2. The third kappa shape index (κ3) is 5.41. The first-order valence-corrected chi connectivity index (χ1v) is 14.0. The zero-order valence-electron chi connectivity index (χ0n) is 21.0. The van der Waals surface area contributed by atoms with E-state index in [-0.39, 0.29) is 17.2 Å². The predicted molar refractivity (Wildman–Crippen MR) is 151 cm³/mol. The fourth-order valence-electron chi connectivity index (χ4n) is 4.37. The number of hydrogen-bond acceptors (Lipinski definition) is 8. The molecular formula is C28H26N4O4S2. The maximum absolute atomic E-state index is 13.8. The lowest BCUT2D eigenvalue weighted by molar-refractivity contribution is -0.118. The summed E-state index contributed by atoms with van der Waals surface area (Å²) in [7, 11) is 1.33. The Morgan fingerprint density at radius 3 is 2.61 bits per heavy atom. The number of esters is 1. The Morgan fingerprint density at radius 1 is 1.13 bits per heavy atom. The first-order chi connectivity index (χ1) is 18.4. The Bertz CT molecular complexity index is 1590. The monoisotopic (exact) mass is 546 g/mol. The van der Waals surface area contributed by atoms with Crippen LogP contribution in [0.3, 0.4) is 0 Å². The number of fused-ring (bicyclic) bond motifs is 3. The standard InChI is InChI=1S/C28H26N4O4S2/c1-17-7-13-20(14-8-17)32-26(34)24-21-5-3-4-6-22(21)38-25(24)30-28(32)37-16-23(33)31-29-15-18-9-11-19(12-10-18)27(35)36-2/h7-15H,3-6,16H2,1-2H3,(H,31,33)/b29-15+. The smallest absolute Gasteiger partial charge is 0.337 e. The van der Waals surface area contributed by atoms with E-state index in [4.69, 9.17) is 4.98 Å². The van der Waals surface area contributed by atoms with Crippen LogP contribution in [-0.2, 0) is 22.4 Å². The average Bonchev–Trinajstić information content (AvgIpc) is 3.31. The van der Waals surface area contributed by atoms with Crippen LogP contribution in [0.1, 0.15) is 44.8 Å². The molecule has 1 N–H and O–H groups in total. The first-order valence-electron chi connectivity index (χ1n) is 12.2. The molecule has 2 aromatic carbocycles. The van der Waals surface area contributed by atoms with E-state index in [1.54, 1.807) is 40.2 Å². The van der Waals surface area contributed by atoms with Crippen LogP contribution in [0.15, 0.2) is 63.6 Å². The highest BCUT2D eigenvalue weighted by atomic mass is 32.2. The van der Waals surface area contributed by atoms with Crippen molar-refractivity contribution in [2.24, 2.45) is 5.10 Å². The molecule has 1 amide bonds. The van der Waals surface area contributed by atoms with Gasteiger partial charge in [0.25, 0.3) is 11.5 Å². The van der Waals surface area contributed by atoms with Crippen LogP contribution < -0.4 is 11.0 Å². The van der Waals surface area contributed by atoms with Crippen molar-refractivity contribution in [3.63, 3.8) is 0 Å². The van der Waals surface area contributed by atoms with Crippen molar-refractivity contribution in [3.8, 4) is 5.69 Å². The molecular weight excluding hydrogens is 520 g/mol. The van der Waals surface area contributed by atoms with E-state index in [0.717, 1.165) is 47.3 Å². The summed E-state index contributed by atoms with van der Waals surface area (Å²) in [5, 5.41) is 5.19. The van der Waals surface area contributed by atoms with E-state index in [0.29, 0.717) is 21.7 Å². The van der Waals surface area contributed by atoms with Crippen molar-refractivity contribution >= 4 is 51.4 Å². The van der Waals surface area contributed by atoms with Crippen LogP contribution in [0, 0.1) is 6.92 Å². The van der Waals surface area contributed by atoms with E-state index >= 15 is 0 Å². The Kier molecular flexibility index (Phi) is 7.71. The molecule has 0 fully saturated rings. The van der Waals surface area contributed by atoms with Crippen LogP contribution in [0.25, 0.3) is 15.9 Å². The molecule has 194 valence electrons. The molecule has 2 heterocycles. The second-order valence-electron chi connectivity index (χ2n) is 8.96. The average molecular weight is 547 g/mol. The molecule has 5 rings (SSSR count). The highest BCUT2D eigenvalue weighted by Gasteiger charge is 2.23. The summed E-state index contributed by atoms with van der Waals surface area (Å²) in [6.07, 6.45) is 5.58. The highest BCUT2D eigenvalue weighted by molar-refractivity contribution is 7.99. The number of amides is 1. The second-order valence-corrected chi connectivity index (χ2v) is 11.0. The molecule has 0 saturated heterocycles. The topological polar surface area (TPSA) is 103 Å². The minimum absolute atomic E-state index is 0.0352. The van der Waals surface area contributed by atoms with Crippen LogP contribution >= 0.6 is 23.1 Å². The Morgan fingerprint density at radius 2 is 1.87 bits per heavy atom. The summed E-state index contributed by atoms with van der Waals surface area (Å²) >= 11 is 2.80. The van der Waals surface area contributed by atoms with Gasteiger partial charge in [0.05, 0.1) is 35.7 Å². The largest absolute Gasteiger partial charge is 0.465 e. The number of methoxy groups -OCH3 is 1. The lowest BCUT2D eigenvalue weighted by Gasteiger charge is -2.13. The van der Waals surface area contributed by atoms with Crippen LogP contribution in [0.2, 0.25) is 0 Å². The summed E-state index contributed by atoms with van der Waals surface area (Å²) in [4.78, 5) is 44.8. The van der Waals surface area contributed by atoms with Gasteiger partial charge in [-0.3, -0.25) is 14.2 Å². The van der Waals surface area contributed by atoms with E-state index < -0.39 is 5.97 Å². The minimum Gasteiger partial charge on any atom is -0.465 e. The number of carbonyl (C=O) groups excluding carboxylic acids is 2. The van der Waals surface area contributed by atoms with Gasteiger partial charge in [0.15, 0.2) is 5.16 Å². The summed E-state index contributed by atoms with van der Waals surface area (Å²) < 4.78 is 6.31. The molecule has 2 aromatic heterocycles. The third-order valence-corrected chi connectivity index (χ3v) is 8.44. The van der Waals surface area contributed by atoms with E-state index in [2.05, 4.69) is 15.3 Å². The Labute approximate surface area is 227 Å². The molecule has 38 heavy (non-hydrogen) atoms. The number of thioether (sulfide) groups is 1. The number of hydrogen-bond donors (Lipinski definition) is 1. The number of nitrogens with zero attached hydrogens (tertiary/aromatic N) is 3. The van der Waals surface area contributed by atoms with Gasteiger partial charge in [-0.2, -0.15) is 5.10 Å². The maximum atomic E-state index is 13.8. The number of aromatic nitrogens is 2. The lowest BCUT2D eigenvalue weighted by atomic mass is 9.97. The fourth-order valence-corrected chi connectivity index (χ4v) is 6.48. The van der Waals surface area contributed by atoms with Crippen molar-refractivity contribution in [1.29, 1.82) is 0 Å². The zero-order valence-corrected chi connectivity index (χ0v) is 22.7. The molecule has 0 radical (unpaired) electrons. The van der Waals surface area contributed by atoms with Crippen LogP contribution in [0.5, 0.6) is 0 Å². The van der Waals surface area contributed by atoms with Crippen molar-refractivity contribution in [3.05, 3.63) is 86.0 Å². The van der Waals surface area contributed by atoms with Gasteiger partial charge < -0.3 is 4.74 Å². The molecule has 0 atom stereocenters. The SMILES string of the molecule is COC(=O)c1ccc(/C=N/NC(=O)CSc2nc3sc4c(c3c(=O)n2-c2ccc(C)cc2)CCCC4)cc1. The van der Waals surface area contributed by atoms with Crippen molar-refractivity contribution in [2.45, 2.75) is 37.8 Å². The van der Waals surface area contributed by atoms with E-state index in [1.807, 2.05) is 31.2 Å². The number of rotatable bonds is 7. The molecule has 0 spiro atoms. The molecule has 1 aliphatic carbocycles. The highest BCUT2D eigenvalue weighted by Crippen LogP contribution is 2.35. The van der Waals surface area contributed by atoms with Crippen molar-refractivity contribution < 1.29 is 14.3 Å². The van der Waals surface area contributed by atoms with Gasteiger partial charge in [0.1, 0.15) is 4.83 Å². The van der Waals surface area contributed by atoms with Gasteiger partial charge in [-0.15, -0.1) is 11.3 Å². The van der Waals surface area contributed by atoms with Crippen LogP contribution in [0.4, 0.5) is 0 Å². The molecule has 0 aliphatic heterocycles. The molecule has 4 aromatic rings. The molecule has 0 bridgehead atoms. The number of aryl methyl sites for hydroxylation is 3. The predicted octanol–water partition coefficient (Wildman–Crippen LogP) is 4.66. The first kappa shape index (κ1) is 25.9. The van der Waals surface area contributed by atoms with Gasteiger partial charge in [0.2, 0.25) is 0 Å². The van der Waals surface area contributed by atoms with Crippen molar-refractivity contribution in [2.75, 3.05) is 12.9 Å². The molecule has 0 unspecified atom stereocenters. The minimum atomic E-state index is -0.419. The quantitative estimate of drug-likeness (QED) is 0.119.